The molecule has 0 aliphatic carbocycles. The van der Waals surface area contributed by atoms with E-state index >= 15 is 0 Å². The summed E-state index contributed by atoms with van der Waals surface area (Å²) in [6, 6.07) is 0.212. The lowest BCUT2D eigenvalue weighted by Crippen LogP contribution is -2.47. The number of alkyl carbamates (subject to hydrolysis) is 1. The number of primary amides is 1. The van der Waals surface area contributed by atoms with Crippen LogP contribution in [0.1, 0.15) is 56.9 Å². The smallest absolute Gasteiger partial charge is 0.407 e. The summed E-state index contributed by atoms with van der Waals surface area (Å²) in [7, 11) is 0. The molecule has 2 aliphatic heterocycles. The van der Waals surface area contributed by atoms with Crippen LogP contribution in [-0.2, 0) is 4.74 Å². The molecular formula is C20H33N7O3. The molecule has 3 rings (SSSR count). The highest BCUT2D eigenvalue weighted by atomic mass is 16.6. The van der Waals surface area contributed by atoms with E-state index < -0.39 is 17.6 Å². The number of amides is 2. The van der Waals surface area contributed by atoms with Gasteiger partial charge in [0.05, 0.1) is 17.6 Å². The first-order valence-electron chi connectivity index (χ1n) is 10.5. The Kier molecular flexibility index (Phi) is 6.64. The van der Waals surface area contributed by atoms with E-state index in [4.69, 9.17) is 16.2 Å². The van der Waals surface area contributed by atoms with Gasteiger partial charge in [-0.05, 0) is 46.5 Å². The second kappa shape index (κ2) is 9.03. The molecule has 166 valence electrons. The zero-order valence-corrected chi connectivity index (χ0v) is 18.1. The Labute approximate surface area is 177 Å². The maximum absolute atomic E-state index is 12.1. The molecule has 0 radical (unpaired) electrons. The number of carbonyl (C=O) groups is 2. The highest BCUT2D eigenvalue weighted by Crippen LogP contribution is 2.34. The van der Waals surface area contributed by atoms with E-state index in [2.05, 4.69) is 25.3 Å². The number of rotatable bonds is 4. The molecule has 0 saturated carbocycles. The van der Waals surface area contributed by atoms with Gasteiger partial charge in [0, 0.05) is 38.3 Å². The van der Waals surface area contributed by atoms with Crippen molar-refractivity contribution in [3.8, 4) is 0 Å². The summed E-state index contributed by atoms with van der Waals surface area (Å²) >= 11 is 0. The molecule has 10 nitrogen and oxygen atoms in total. The molecule has 3 heterocycles. The lowest BCUT2D eigenvalue weighted by atomic mass is 10.0. The Morgan fingerprint density at radius 3 is 2.27 bits per heavy atom. The Bertz CT molecular complexity index is 764. The number of hydrogen-bond acceptors (Lipinski definition) is 8. The van der Waals surface area contributed by atoms with E-state index in [0.29, 0.717) is 13.1 Å². The largest absolute Gasteiger partial charge is 0.444 e. The highest BCUT2D eigenvalue weighted by Gasteiger charge is 2.30. The van der Waals surface area contributed by atoms with Gasteiger partial charge in [-0.25, -0.2) is 4.79 Å². The number of nitrogens with one attached hydrogen (secondary N) is 1. The van der Waals surface area contributed by atoms with Crippen LogP contribution in [0.4, 0.5) is 16.2 Å². The lowest BCUT2D eigenvalue weighted by molar-refractivity contribution is 0.0497. The van der Waals surface area contributed by atoms with Crippen LogP contribution in [0.2, 0.25) is 0 Å². The van der Waals surface area contributed by atoms with Crippen molar-refractivity contribution in [1.29, 1.82) is 0 Å². The molecule has 1 aromatic rings. The number of hydrogen-bond donors (Lipinski definition) is 3. The Hall–Kier alpha value is -2.62. The Morgan fingerprint density at radius 1 is 1.10 bits per heavy atom. The van der Waals surface area contributed by atoms with Crippen LogP contribution in [0, 0.1) is 0 Å². The third kappa shape index (κ3) is 5.50. The van der Waals surface area contributed by atoms with Gasteiger partial charge in [-0.2, -0.15) is 5.10 Å². The molecule has 2 amide bonds. The topological polar surface area (TPSA) is 140 Å². The first-order chi connectivity index (χ1) is 14.1. The normalized spacial score (nSPS) is 18.9. The minimum absolute atomic E-state index is 0.0133. The van der Waals surface area contributed by atoms with Gasteiger partial charge in [0.1, 0.15) is 5.60 Å². The number of ether oxygens (including phenoxy) is 1. The molecule has 5 N–H and O–H groups in total. The summed E-state index contributed by atoms with van der Waals surface area (Å²) in [5, 5.41) is 11.0. The van der Waals surface area contributed by atoms with Crippen molar-refractivity contribution in [1.82, 2.24) is 15.5 Å². The van der Waals surface area contributed by atoms with Gasteiger partial charge < -0.3 is 31.3 Å². The van der Waals surface area contributed by atoms with Gasteiger partial charge in [-0.15, -0.1) is 5.10 Å². The van der Waals surface area contributed by atoms with Crippen molar-refractivity contribution >= 4 is 23.4 Å². The van der Waals surface area contributed by atoms with Crippen LogP contribution in [0.25, 0.3) is 0 Å². The molecule has 2 aliphatic rings. The van der Waals surface area contributed by atoms with E-state index in [1.807, 2.05) is 20.8 Å². The summed E-state index contributed by atoms with van der Waals surface area (Å²) in [6.07, 6.45) is 4.51. The average Bonchev–Trinajstić information content (AvgIpc) is 2.67. The number of aromatic nitrogens is 2. The van der Waals surface area contributed by atoms with Crippen LogP contribution < -0.4 is 26.6 Å². The summed E-state index contributed by atoms with van der Waals surface area (Å²) in [5.74, 6) is -0.595. The molecule has 30 heavy (non-hydrogen) atoms. The van der Waals surface area contributed by atoms with Crippen molar-refractivity contribution < 1.29 is 14.3 Å². The number of anilines is 2. The molecule has 0 unspecified atom stereocenters. The van der Waals surface area contributed by atoms with Crippen molar-refractivity contribution in [2.75, 3.05) is 36.0 Å². The Morgan fingerprint density at radius 2 is 1.70 bits per heavy atom. The molecule has 0 aromatic carbocycles. The quantitative estimate of drug-likeness (QED) is 0.656. The van der Waals surface area contributed by atoms with Crippen molar-refractivity contribution in [2.45, 2.75) is 64.1 Å². The molecule has 2 fully saturated rings. The molecule has 1 aromatic heterocycles. The van der Waals surface area contributed by atoms with Gasteiger partial charge in [-0.1, -0.05) is 0 Å². The zero-order valence-electron chi connectivity index (χ0n) is 18.1. The molecular weight excluding hydrogens is 386 g/mol. The maximum Gasteiger partial charge on any atom is 0.407 e. The van der Waals surface area contributed by atoms with Crippen molar-refractivity contribution in [2.24, 2.45) is 11.5 Å². The molecule has 10 heteroatoms. The minimum atomic E-state index is -0.595. The van der Waals surface area contributed by atoms with E-state index in [9.17, 15) is 9.59 Å². The van der Waals surface area contributed by atoms with Gasteiger partial charge in [0.25, 0.3) is 5.91 Å². The molecule has 0 atom stereocenters. The van der Waals surface area contributed by atoms with E-state index in [1.54, 1.807) is 6.20 Å². The van der Waals surface area contributed by atoms with Gasteiger partial charge >= 0.3 is 6.09 Å². The molecule has 0 bridgehead atoms. The minimum Gasteiger partial charge on any atom is -0.444 e. The fraction of sp³-hybridized carbons (Fsp3) is 0.700. The SMILES string of the molecule is CC(C)(C)OC(=O)NC1CCN(c2c(N3CCC(N)CC3)cnnc2C(N)=O)CC1. The van der Waals surface area contributed by atoms with Crippen LogP contribution in [-0.4, -0.2) is 66.1 Å². The van der Waals surface area contributed by atoms with Gasteiger partial charge in [0.2, 0.25) is 0 Å². The second-order valence-corrected chi connectivity index (χ2v) is 9.02. The predicted molar refractivity (Wildman–Crippen MR) is 115 cm³/mol. The summed E-state index contributed by atoms with van der Waals surface area (Å²) in [6.45, 7) is 8.44. The molecule has 2 saturated heterocycles. The van der Waals surface area contributed by atoms with Crippen molar-refractivity contribution in [3.05, 3.63) is 11.9 Å². The lowest BCUT2D eigenvalue weighted by Gasteiger charge is -2.39. The maximum atomic E-state index is 12.1. The average molecular weight is 420 g/mol. The van der Waals surface area contributed by atoms with Crippen LogP contribution in [0.3, 0.4) is 0 Å². The Balaban J connectivity index is 1.73. The summed E-state index contributed by atoms with van der Waals surface area (Å²) in [5.41, 5.74) is 12.9. The molecule has 0 spiro atoms. The predicted octanol–water partition coefficient (Wildman–Crippen LogP) is 0.997. The number of nitrogens with two attached hydrogens (primary N) is 2. The number of carbonyl (C=O) groups excluding carboxylic acids is 2. The van der Waals surface area contributed by atoms with E-state index in [-0.39, 0.29) is 17.8 Å². The summed E-state index contributed by atoms with van der Waals surface area (Å²) in [4.78, 5) is 28.5. The number of nitrogens with zero attached hydrogens (tertiary/aromatic N) is 4. The monoisotopic (exact) mass is 419 g/mol. The standard InChI is InChI=1S/C20H33N7O3/c1-20(2,3)30-19(29)24-14-6-10-27(11-7-14)17-15(12-23-25-16(17)18(22)28)26-8-4-13(21)5-9-26/h12-14H,4-11,21H2,1-3H3,(H2,22,28)(H,24,29). The zero-order chi connectivity index (χ0) is 21.9. The second-order valence-electron chi connectivity index (χ2n) is 9.02. The van der Waals surface area contributed by atoms with Crippen molar-refractivity contribution in [3.63, 3.8) is 0 Å². The van der Waals surface area contributed by atoms with Gasteiger partial charge in [0.15, 0.2) is 5.69 Å². The first kappa shape index (κ1) is 22.1. The first-order valence-corrected chi connectivity index (χ1v) is 10.5. The van der Waals surface area contributed by atoms with E-state index in [0.717, 1.165) is 50.1 Å². The fourth-order valence-corrected chi connectivity index (χ4v) is 3.94. The fourth-order valence-electron chi connectivity index (χ4n) is 3.94. The number of piperidine rings is 2. The highest BCUT2D eigenvalue weighted by molar-refractivity contribution is 5.99. The third-order valence-electron chi connectivity index (χ3n) is 5.45. The van der Waals surface area contributed by atoms with Crippen LogP contribution >= 0.6 is 0 Å². The third-order valence-corrected chi connectivity index (χ3v) is 5.45. The van der Waals surface area contributed by atoms with Gasteiger partial charge in [-0.3, -0.25) is 4.79 Å². The summed E-state index contributed by atoms with van der Waals surface area (Å²) < 4.78 is 5.35. The van der Waals surface area contributed by atoms with E-state index in [1.165, 1.54) is 0 Å². The van der Waals surface area contributed by atoms with Crippen LogP contribution in [0.15, 0.2) is 6.20 Å². The van der Waals surface area contributed by atoms with Crippen LogP contribution in [0.5, 0.6) is 0 Å².